The highest BCUT2D eigenvalue weighted by Crippen LogP contribution is 2.20. The average Bonchev–Trinajstić information content (AvgIpc) is 2.56. The molecule has 0 atom stereocenters. The van der Waals surface area contributed by atoms with Crippen molar-refractivity contribution in [2.45, 2.75) is 6.92 Å². The molecule has 1 aromatic heterocycles. The lowest BCUT2D eigenvalue weighted by molar-refractivity contribution is 0.191. The summed E-state index contributed by atoms with van der Waals surface area (Å²) in [6.45, 7) is 2.17. The zero-order chi connectivity index (χ0) is 10.8. The molecule has 0 saturated carbocycles. The first kappa shape index (κ1) is 9.51. The van der Waals surface area contributed by atoms with Crippen LogP contribution >= 0.6 is 0 Å². The van der Waals surface area contributed by atoms with E-state index in [1.165, 1.54) is 0 Å². The van der Waals surface area contributed by atoms with Crippen LogP contribution in [0, 0.1) is 0 Å². The Balaban J connectivity index is 2.69. The van der Waals surface area contributed by atoms with Crippen LogP contribution in [0.4, 0.5) is 4.79 Å². The zero-order valence-electron chi connectivity index (χ0n) is 8.17. The van der Waals surface area contributed by atoms with Crippen molar-refractivity contribution < 1.29 is 14.6 Å². The fourth-order valence-corrected chi connectivity index (χ4v) is 1.41. The summed E-state index contributed by atoms with van der Waals surface area (Å²) in [4.78, 5) is 15.1. The molecule has 0 fully saturated rings. The fraction of sp³-hybridized carbons (Fsp3) is 0.200. The molecule has 15 heavy (non-hydrogen) atoms. The van der Waals surface area contributed by atoms with Gasteiger partial charge in [0.05, 0.1) is 17.6 Å². The number of carboxylic acid groups (broad SMARTS) is 1. The van der Waals surface area contributed by atoms with Gasteiger partial charge in [0.1, 0.15) is 0 Å². The molecule has 0 unspecified atom stereocenters. The maximum atomic E-state index is 11.0. The van der Waals surface area contributed by atoms with Crippen LogP contribution in [0.3, 0.4) is 0 Å². The average molecular weight is 206 g/mol. The van der Waals surface area contributed by atoms with Gasteiger partial charge in [0.25, 0.3) is 0 Å². The van der Waals surface area contributed by atoms with Gasteiger partial charge in [-0.25, -0.2) is 4.79 Å². The van der Waals surface area contributed by atoms with E-state index < -0.39 is 6.09 Å². The van der Waals surface area contributed by atoms with Crippen molar-refractivity contribution in [1.29, 1.82) is 0 Å². The van der Waals surface area contributed by atoms with Crippen molar-refractivity contribution in [1.82, 2.24) is 9.55 Å². The summed E-state index contributed by atoms with van der Waals surface area (Å²) >= 11 is 0. The molecule has 1 aromatic carbocycles. The zero-order valence-corrected chi connectivity index (χ0v) is 8.17. The molecule has 5 nitrogen and oxygen atoms in total. The van der Waals surface area contributed by atoms with E-state index in [-0.39, 0.29) is 6.01 Å². The summed E-state index contributed by atoms with van der Waals surface area (Å²) in [5, 5.41) is 9.02. The molecule has 0 aliphatic carbocycles. The highest BCUT2D eigenvalue weighted by atomic mass is 16.5. The van der Waals surface area contributed by atoms with Crippen LogP contribution in [0.15, 0.2) is 24.3 Å². The Kier molecular flexibility index (Phi) is 2.29. The highest BCUT2D eigenvalue weighted by Gasteiger charge is 2.15. The summed E-state index contributed by atoms with van der Waals surface area (Å²) < 4.78 is 6.19. The Morgan fingerprint density at radius 2 is 2.27 bits per heavy atom. The summed E-state index contributed by atoms with van der Waals surface area (Å²) in [5.41, 5.74) is 1.15. The Hall–Kier alpha value is -2.04. The summed E-state index contributed by atoms with van der Waals surface area (Å²) in [5.74, 6) is 0. The first-order valence-corrected chi connectivity index (χ1v) is 4.57. The summed E-state index contributed by atoms with van der Waals surface area (Å²) in [7, 11) is 0. The first-order chi connectivity index (χ1) is 7.24. The van der Waals surface area contributed by atoms with E-state index in [1.807, 2.05) is 0 Å². The predicted octanol–water partition coefficient (Wildman–Crippen LogP) is 1.96. The maximum Gasteiger partial charge on any atom is 0.420 e. The number of rotatable bonds is 2. The topological polar surface area (TPSA) is 64.4 Å². The third kappa shape index (κ3) is 1.52. The van der Waals surface area contributed by atoms with Crippen molar-refractivity contribution in [2.75, 3.05) is 6.61 Å². The van der Waals surface area contributed by atoms with Crippen LogP contribution < -0.4 is 4.74 Å². The van der Waals surface area contributed by atoms with Crippen molar-refractivity contribution >= 4 is 17.1 Å². The molecule has 0 saturated heterocycles. The van der Waals surface area contributed by atoms with Crippen molar-refractivity contribution in [3.05, 3.63) is 24.3 Å². The summed E-state index contributed by atoms with van der Waals surface area (Å²) in [6.07, 6.45) is -1.09. The molecule has 0 spiro atoms. The molecule has 5 heteroatoms. The van der Waals surface area contributed by atoms with Crippen molar-refractivity contribution in [2.24, 2.45) is 0 Å². The van der Waals surface area contributed by atoms with Crippen LogP contribution in [-0.4, -0.2) is 27.4 Å². The van der Waals surface area contributed by atoms with E-state index in [0.717, 1.165) is 4.57 Å². The second-order valence-electron chi connectivity index (χ2n) is 2.93. The van der Waals surface area contributed by atoms with Gasteiger partial charge in [0.15, 0.2) is 0 Å². The Labute approximate surface area is 85.9 Å². The van der Waals surface area contributed by atoms with Gasteiger partial charge in [-0.05, 0) is 19.1 Å². The third-order valence-electron chi connectivity index (χ3n) is 1.99. The van der Waals surface area contributed by atoms with Crippen LogP contribution in [0.2, 0.25) is 0 Å². The smallest absolute Gasteiger partial charge is 0.420 e. The van der Waals surface area contributed by atoms with Gasteiger partial charge in [0.2, 0.25) is 0 Å². The molecule has 0 radical (unpaired) electrons. The SMILES string of the molecule is CCOc1nc2ccccc2n1C(=O)O. The van der Waals surface area contributed by atoms with E-state index in [0.29, 0.717) is 17.6 Å². The van der Waals surface area contributed by atoms with Crippen LogP contribution in [0.1, 0.15) is 6.92 Å². The molecule has 1 N–H and O–H groups in total. The number of para-hydroxylation sites is 2. The fourth-order valence-electron chi connectivity index (χ4n) is 1.41. The molecule has 1 heterocycles. The standard InChI is InChI=1S/C10H10N2O3/c1-2-15-9-11-7-5-3-4-6-8(7)12(9)10(13)14/h3-6H,2H2,1H3,(H,13,14). The number of nitrogens with zero attached hydrogens (tertiary/aromatic N) is 2. The molecular weight excluding hydrogens is 196 g/mol. The quantitative estimate of drug-likeness (QED) is 0.815. The minimum Gasteiger partial charge on any atom is -0.465 e. The van der Waals surface area contributed by atoms with Crippen LogP contribution in [0.25, 0.3) is 11.0 Å². The number of hydrogen-bond donors (Lipinski definition) is 1. The van der Waals surface area contributed by atoms with Gasteiger partial charge < -0.3 is 9.84 Å². The minimum absolute atomic E-state index is 0.117. The van der Waals surface area contributed by atoms with E-state index in [4.69, 9.17) is 9.84 Å². The van der Waals surface area contributed by atoms with Gasteiger partial charge >= 0.3 is 12.1 Å². The molecule has 2 aromatic rings. The van der Waals surface area contributed by atoms with Crippen molar-refractivity contribution in [3.63, 3.8) is 0 Å². The normalized spacial score (nSPS) is 10.5. The lowest BCUT2D eigenvalue weighted by atomic mass is 10.3. The molecule has 0 amide bonds. The van der Waals surface area contributed by atoms with E-state index in [2.05, 4.69) is 4.98 Å². The molecule has 2 rings (SSSR count). The number of hydrogen-bond acceptors (Lipinski definition) is 3. The molecule has 0 aliphatic rings. The number of benzene rings is 1. The lowest BCUT2D eigenvalue weighted by Gasteiger charge is -2.02. The summed E-state index contributed by atoms with van der Waals surface area (Å²) in [6, 6.07) is 7.12. The largest absolute Gasteiger partial charge is 0.465 e. The first-order valence-electron chi connectivity index (χ1n) is 4.57. The molecule has 0 aliphatic heterocycles. The van der Waals surface area contributed by atoms with Gasteiger partial charge in [0, 0.05) is 0 Å². The number of imidazole rings is 1. The minimum atomic E-state index is -1.09. The second kappa shape index (κ2) is 3.61. The van der Waals surface area contributed by atoms with Gasteiger partial charge in [-0.3, -0.25) is 0 Å². The lowest BCUT2D eigenvalue weighted by Crippen LogP contribution is -2.10. The van der Waals surface area contributed by atoms with Crippen LogP contribution in [0.5, 0.6) is 6.01 Å². The Morgan fingerprint density at radius 3 is 2.93 bits per heavy atom. The maximum absolute atomic E-state index is 11.0. The van der Waals surface area contributed by atoms with Crippen molar-refractivity contribution in [3.8, 4) is 6.01 Å². The number of carbonyl (C=O) groups is 1. The predicted molar refractivity (Wildman–Crippen MR) is 54.3 cm³/mol. The van der Waals surface area contributed by atoms with E-state index in [9.17, 15) is 4.79 Å². The van der Waals surface area contributed by atoms with Gasteiger partial charge in [-0.2, -0.15) is 9.55 Å². The van der Waals surface area contributed by atoms with E-state index >= 15 is 0 Å². The molecule has 0 bridgehead atoms. The monoisotopic (exact) mass is 206 g/mol. The Morgan fingerprint density at radius 1 is 1.53 bits per heavy atom. The van der Waals surface area contributed by atoms with Gasteiger partial charge in [-0.15, -0.1) is 0 Å². The highest BCUT2D eigenvalue weighted by molar-refractivity contribution is 5.87. The third-order valence-corrected chi connectivity index (χ3v) is 1.99. The second-order valence-corrected chi connectivity index (χ2v) is 2.93. The number of aromatic nitrogens is 2. The van der Waals surface area contributed by atoms with E-state index in [1.54, 1.807) is 31.2 Å². The van der Waals surface area contributed by atoms with Crippen LogP contribution in [-0.2, 0) is 0 Å². The number of fused-ring (bicyclic) bond motifs is 1. The number of ether oxygens (including phenoxy) is 1. The molecule has 78 valence electrons. The molecular formula is C10H10N2O3. The Bertz CT molecular complexity index is 504. The van der Waals surface area contributed by atoms with Gasteiger partial charge in [-0.1, -0.05) is 12.1 Å².